The minimum absolute atomic E-state index is 0.0232. The lowest BCUT2D eigenvalue weighted by molar-refractivity contribution is -0.117. The van der Waals surface area contributed by atoms with Crippen molar-refractivity contribution in [3.63, 3.8) is 0 Å². The molecule has 2 aromatic rings. The number of methoxy groups -OCH3 is 1. The predicted molar refractivity (Wildman–Crippen MR) is 93.5 cm³/mol. The quantitative estimate of drug-likeness (QED) is 0.893. The molecule has 1 amide bonds. The van der Waals surface area contributed by atoms with Gasteiger partial charge in [0.25, 0.3) is 0 Å². The summed E-state index contributed by atoms with van der Waals surface area (Å²) in [6, 6.07) is 7.44. The molecule has 1 saturated heterocycles. The van der Waals surface area contributed by atoms with Gasteiger partial charge < -0.3 is 19.5 Å². The Balaban J connectivity index is 1.51. The predicted octanol–water partition coefficient (Wildman–Crippen LogP) is 1.19. The Kier molecular flexibility index (Phi) is 5.00. The van der Waals surface area contributed by atoms with Crippen LogP contribution in [-0.2, 0) is 11.8 Å². The second kappa shape index (κ2) is 7.35. The molecule has 128 valence electrons. The van der Waals surface area contributed by atoms with Crippen molar-refractivity contribution in [3.05, 3.63) is 36.7 Å². The number of benzene rings is 1. The second-order valence-electron chi connectivity index (χ2n) is 5.85. The van der Waals surface area contributed by atoms with Crippen molar-refractivity contribution >= 4 is 17.5 Å². The van der Waals surface area contributed by atoms with E-state index >= 15 is 0 Å². The molecule has 0 bridgehead atoms. The van der Waals surface area contributed by atoms with Crippen LogP contribution in [0, 0.1) is 0 Å². The number of hydrogen-bond acceptors (Lipinski definition) is 5. The molecule has 0 radical (unpaired) electrons. The molecular formula is C17H23N5O2. The Bertz CT molecular complexity index is 692. The molecule has 1 aliphatic heterocycles. The van der Waals surface area contributed by atoms with Gasteiger partial charge in [0.2, 0.25) is 11.9 Å². The zero-order valence-corrected chi connectivity index (χ0v) is 14.1. The molecule has 7 nitrogen and oxygen atoms in total. The minimum Gasteiger partial charge on any atom is -0.495 e. The zero-order chi connectivity index (χ0) is 16.9. The third kappa shape index (κ3) is 3.68. The number of nitrogens with zero attached hydrogens (tertiary/aromatic N) is 4. The molecule has 0 atom stereocenters. The van der Waals surface area contributed by atoms with Gasteiger partial charge in [-0.15, -0.1) is 0 Å². The number of rotatable bonds is 5. The van der Waals surface area contributed by atoms with Gasteiger partial charge in [-0.1, -0.05) is 12.1 Å². The van der Waals surface area contributed by atoms with Crippen LogP contribution in [0.3, 0.4) is 0 Å². The summed E-state index contributed by atoms with van der Waals surface area (Å²) in [5.41, 5.74) is 0.705. The van der Waals surface area contributed by atoms with Crippen LogP contribution in [0.25, 0.3) is 0 Å². The summed E-state index contributed by atoms with van der Waals surface area (Å²) in [7, 11) is 3.59. The minimum atomic E-state index is -0.0232. The fraction of sp³-hybridized carbons (Fsp3) is 0.412. The van der Waals surface area contributed by atoms with E-state index in [1.54, 1.807) is 7.11 Å². The highest BCUT2D eigenvalue weighted by molar-refractivity contribution is 5.93. The molecule has 1 aromatic heterocycles. The van der Waals surface area contributed by atoms with Crippen LogP contribution in [0.2, 0.25) is 0 Å². The first kappa shape index (κ1) is 16.3. The summed E-state index contributed by atoms with van der Waals surface area (Å²) in [4.78, 5) is 21.1. The van der Waals surface area contributed by atoms with E-state index in [-0.39, 0.29) is 5.91 Å². The fourth-order valence-corrected chi connectivity index (χ4v) is 2.91. The van der Waals surface area contributed by atoms with Gasteiger partial charge in [-0.05, 0) is 12.1 Å². The lowest BCUT2D eigenvalue weighted by atomic mass is 10.3. The first-order valence-electron chi connectivity index (χ1n) is 8.05. The van der Waals surface area contributed by atoms with Gasteiger partial charge in [0.1, 0.15) is 5.75 Å². The third-order valence-electron chi connectivity index (χ3n) is 4.20. The van der Waals surface area contributed by atoms with E-state index in [0.717, 1.165) is 32.1 Å². The summed E-state index contributed by atoms with van der Waals surface area (Å²) in [5, 5.41) is 2.92. The van der Waals surface area contributed by atoms with Crippen molar-refractivity contribution in [2.24, 2.45) is 7.05 Å². The molecule has 24 heavy (non-hydrogen) atoms. The van der Waals surface area contributed by atoms with E-state index < -0.39 is 0 Å². The van der Waals surface area contributed by atoms with Crippen molar-refractivity contribution < 1.29 is 9.53 Å². The van der Waals surface area contributed by atoms with Gasteiger partial charge in [0.05, 0.1) is 19.3 Å². The van der Waals surface area contributed by atoms with Crippen LogP contribution in [0.4, 0.5) is 11.6 Å². The van der Waals surface area contributed by atoms with Gasteiger partial charge in [-0.3, -0.25) is 9.69 Å². The second-order valence-corrected chi connectivity index (χ2v) is 5.85. The molecular weight excluding hydrogens is 306 g/mol. The van der Waals surface area contributed by atoms with E-state index in [0.29, 0.717) is 18.0 Å². The molecule has 7 heteroatoms. The Morgan fingerprint density at radius 1 is 1.25 bits per heavy atom. The Morgan fingerprint density at radius 2 is 2.00 bits per heavy atom. The number of carbonyl (C=O) groups excluding carboxylic acids is 1. The van der Waals surface area contributed by atoms with Gasteiger partial charge in [0, 0.05) is 45.6 Å². The maximum absolute atomic E-state index is 12.3. The monoisotopic (exact) mass is 329 g/mol. The zero-order valence-electron chi connectivity index (χ0n) is 14.1. The average molecular weight is 329 g/mol. The van der Waals surface area contributed by atoms with Crippen molar-refractivity contribution in [1.29, 1.82) is 0 Å². The van der Waals surface area contributed by atoms with E-state index in [1.165, 1.54) is 0 Å². The standard InChI is InChI=1S/C17H23N5O2/c1-20-8-7-18-17(20)22-11-9-21(10-12-22)13-16(23)19-14-5-3-4-6-15(14)24-2/h3-8H,9-13H2,1-2H3,(H,19,23). The molecule has 1 fully saturated rings. The Labute approximate surface area is 141 Å². The topological polar surface area (TPSA) is 62.6 Å². The van der Waals surface area contributed by atoms with Gasteiger partial charge >= 0.3 is 0 Å². The Hall–Kier alpha value is -2.54. The molecule has 2 heterocycles. The lowest BCUT2D eigenvalue weighted by Crippen LogP contribution is -2.49. The molecule has 1 aliphatic rings. The summed E-state index contributed by atoms with van der Waals surface area (Å²) < 4.78 is 7.28. The number of para-hydroxylation sites is 2. The maximum Gasteiger partial charge on any atom is 0.238 e. The first-order chi connectivity index (χ1) is 11.7. The van der Waals surface area contributed by atoms with Crippen LogP contribution in [0.5, 0.6) is 5.75 Å². The maximum atomic E-state index is 12.3. The number of hydrogen-bond donors (Lipinski definition) is 1. The molecule has 0 unspecified atom stereocenters. The van der Waals surface area contributed by atoms with E-state index in [4.69, 9.17) is 4.74 Å². The van der Waals surface area contributed by atoms with Crippen LogP contribution in [-0.4, -0.2) is 60.2 Å². The highest BCUT2D eigenvalue weighted by Gasteiger charge is 2.21. The number of aromatic nitrogens is 2. The van der Waals surface area contributed by atoms with Gasteiger partial charge in [-0.25, -0.2) is 4.98 Å². The van der Waals surface area contributed by atoms with Gasteiger partial charge in [0.15, 0.2) is 0 Å². The largest absolute Gasteiger partial charge is 0.495 e. The molecule has 0 aliphatic carbocycles. The number of ether oxygens (including phenoxy) is 1. The van der Waals surface area contributed by atoms with Crippen LogP contribution >= 0.6 is 0 Å². The van der Waals surface area contributed by atoms with Crippen molar-refractivity contribution in [2.45, 2.75) is 0 Å². The van der Waals surface area contributed by atoms with E-state index in [2.05, 4.69) is 20.1 Å². The average Bonchev–Trinajstić information content (AvgIpc) is 3.02. The summed E-state index contributed by atoms with van der Waals surface area (Å²) in [6.07, 6.45) is 3.75. The molecule has 1 aromatic carbocycles. The highest BCUT2D eigenvalue weighted by Crippen LogP contribution is 2.23. The first-order valence-corrected chi connectivity index (χ1v) is 8.05. The number of aryl methyl sites for hydroxylation is 1. The van der Waals surface area contributed by atoms with Gasteiger partial charge in [-0.2, -0.15) is 0 Å². The lowest BCUT2D eigenvalue weighted by Gasteiger charge is -2.34. The smallest absolute Gasteiger partial charge is 0.238 e. The summed E-state index contributed by atoms with van der Waals surface area (Å²) in [6.45, 7) is 3.80. The van der Waals surface area contributed by atoms with Crippen LogP contribution < -0.4 is 15.0 Å². The summed E-state index contributed by atoms with van der Waals surface area (Å²) in [5.74, 6) is 1.63. The highest BCUT2D eigenvalue weighted by atomic mass is 16.5. The van der Waals surface area contributed by atoms with E-state index in [1.807, 2.05) is 48.3 Å². The van der Waals surface area contributed by atoms with Crippen molar-refractivity contribution in [1.82, 2.24) is 14.5 Å². The molecule has 3 rings (SSSR count). The van der Waals surface area contributed by atoms with Crippen molar-refractivity contribution in [3.8, 4) is 5.75 Å². The Morgan fingerprint density at radius 3 is 2.67 bits per heavy atom. The number of imidazole rings is 1. The number of nitrogens with one attached hydrogen (secondary N) is 1. The van der Waals surface area contributed by atoms with Crippen molar-refractivity contribution in [2.75, 3.05) is 50.1 Å². The summed E-state index contributed by atoms with van der Waals surface area (Å²) >= 11 is 0. The SMILES string of the molecule is COc1ccccc1NC(=O)CN1CCN(c2nccn2C)CC1. The molecule has 1 N–H and O–H groups in total. The number of carbonyl (C=O) groups is 1. The normalized spacial score (nSPS) is 15.3. The molecule has 0 spiro atoms. The number of piperazine rings is 1. The van der Waals surface area contributed by atoms with Crippen LogP contribution in [0.1, 0.15) is 0 Å². The molecule has 0 saturated carbocycles. The van der Waals surface area contributed by atoms with E-state index in [9.17, 15) is 4.79 Å². The fourth-order valence-electron chi connectivity index (χ4n) is 2.91. The van der Waals surface area contributed by atoms with Crippen LogP contribution in [0.15, 0.2) is 36.7 Å². The number of anilines is 2. The third-order valence-corrected chi connectivity index (χ3v) is 4.20. The number of amides is 1.